The zero-order valence-electron chi connectivity index (χ0n) is 9.47. The highest BCUT2D eigenvalue weighted by atomic mass is 15.3. The molecule has 2 N–H and O–H groups in total. The van der Waals surface area contributed by atoms with Gasteiger partial charge in [-0.3, -0.25) is 10.2 Å². The van der Waals surface area contributed by atoms with E-state index in [0.29, 0.717) is 5.54 Å². The molecule has 2 rings (SSSR count). The minimum atomic E-state index is 0. The van der Waals surface area contributed by atoms with E-state index < -0.39 is 0 Å². The third kappa shape index (κ3) is 1.95. The van der Waals surface area contributed by atoms with Crippen LogP contribution in [0.2, 0.25) is 0 Å². The molecule has 2 aliphatic heterocycles. The highest BCUT2D eigenvalue weighted by molar-refractivity contribution is 5.00. The molecule has 2 fully saturated rings. The molecule has 14 heavy (non-hydrogen) atoms. The van der Waals surface area contributed by atoms with Crippen LogP contribution in [0.3, 0.4) is 0 Å². The maximum atomic E-state index is 3.63. The van der Waals surface area contributed by atoms with Crippen LogP contribution >= 0.6 is 0 Å². The molecule has 2 atom stereocenters. The minimum Gasteiger partial charge on any atom is -0.303 e. The number of likely N-dealkylation sites (tertiary alicyclic amines) is 1. The van der Waals surface area contributed by atoms with E-state index >= 15 is 0 Å². The second-order valence-electron chi connectivity index (χ2n) is 4.89. The Balaban J connectivity index is 0.00000112. The van der Waals surface area contributed by atoms with Gasteiger partial charge in [-0.05, 0) is 32.7 Å². The van der Waals surface area contributed by atoms with Crippen LogP contribution in [0.1, 0.15) is 34.5 Å². The lowest BCUT2D eigenvalue weighted by Crippen LogP contribution is -2.57. The molecule has 0 bridgehead atoms. The first-order valence-electron chi connectivity index (χ1n) is 5.95. The van der Waals surface area contributed by atoms with E-state index in [1.807, 2.05) is 0 Å². The van der Waals surface area contributed by atoms with Crippen molar-refractivity contribution < 1.29 is 1.43 Å². The van der Waals surface area contributed by atoms with Crippen LogP contribution in [0.25, 0.3) is 0 Å². The largest absolute Gasteiger partial charge is 0.303 e. The van der Waals surface area contributed by atoms with Crippen LogP contribution < -0.4 is 10.6 Å². The Labute approximate surface area is 88.7 Å². The molecule has 2 heterocycles. The third-order valence-electron chi connectivity index (χ3n) is 3.87. The summed E-state index contributed by atoms with van der Waals surface area (Å²) in [5.41, 5.74) is 0.391. The summed E-state index contributed by atoms with van der Waals surface area (Å²) in [5.74, 6) is 0. The summed E-state index contributed by atoms with van der Waals surface area (Å²) < 4.78 is 0. The molecule has 3 heteroatoms. The van der Waals surface area contributed by atoms with Crippen LogP contribution in [0.5, 0.6) is 0 Å². The summed E-state index contributed by atoms with van der Waals surface area (Å²) >= 11 is 0. The summed E-state index contributed by atoms with van der Waals surface area (Å²) in [6.07, 6.45) is 3.95. The predicted octanol–water partition coefficient (Wildman–Crippen LogP) is 1.02. The number of nitrogens with zero attached hydrogens (tertiary/aromatic N) is 1. The van der Waals surface area contributed by atoms with Crippen molar-refractivity contribution in [2.45, 2.75) is 44.7 Å². The highest BCUT2D eigenvalue weighted by Gasteiger charge is 2.38. The first kappa shape index (κ1) is 10.4. The van der Waals surface area contributed by atoms with E-state index in [0.717, 1.165) is 19.3 Å². The summed E-state index contributed by atoms with van der Waals surface area (Å²) in [6.45, 7) is 9.30. The topological polar surface area (TPSA) is 27.3 Å². The lowest BCUT2D eigenvalue weighted by atomic mass is 9.89. The van der Waals surface area contributed by atoms with Crippen LogP contribution in [-0.2, 0) is 0 Å². The Morgan fingerprint density at radius 2 is 2.43 bits per heavy atom. The van der Waals surface area contributed by atoms with E-state index in [2.05, 4.69) is 29.4 Å². The molecule has 0 aliphatic carbocycles. The first-order chi connectivity index (χ1) is 6.76. The van der Waals surface area contributed by atoms with Gasteiger partial charge in [-0.2, -0.15) is 0 Å². The van der Waals surface area contributed by atoms with E-state index in [9.17, 15) is 0 Å². The Kier molecular flexibility index (Phi) is 3.10. The molecule has 0 aromatic carbocycles. The molecule has 2 aliphatic rings. The molecule has 3 nitrogen and oxygen atoms in total. The van der Waals surface area contributed by atoms with Crippen molar-refractivity contribution in [1.82, 2.24) is 15.5 Å². The molecule has 84 valence electrons. The monoisotopic (exact) mass is 199 g/mol. The predicted molar refractivity (Wildman–Crippen MR) is 61.4 cm³/mol. The summed E-state index contributed by atoms with van der Waals surface area (Å²) in [5, 5.41) is 7.05. The van der Waals surface area contributed by atoms with Crippen molar-refractivity contribution in [2.24, 2.45) is 0 Å². The average Bonchev–Trinajstić information content (AvgIpc) is 2.65. The van der Waals surface area contributed by atoms with Crippen LogP contribution in [0.15, 0.2) is 0 Å². The molecule has 2 unspecified atom stereocenters. The van der Waals surface area contributed by atoms with Gasteiger partial charge in [-0.1, -0.05) is 6.92 Å². The van der Waals surface area contributed by atoms with Crippen LogP contribution in [0.4, 0.5) is 0 Å². The van der Waals surface area contributed by atoms with Crippen molar-refractivity contribution in [3.05, 3.63) is 0 Å². The highest BCUT2D eigenvalue weighted by Crippen LogP contribution is 2.24. The molecular formula is C11H25N3. The van der Waals surface area contributed by atoms with Gasteiger partial charge in [0.25, 0.3) is 0 Å². The van der Waals surface area contributed by atoms with Gasteiger partial charge in [0.1, 0.15) is 0 Å². The second-order valence-corrected chi connectivity index (χ2v) is 4.89. The Hall–Kier alpha value is -0.120. The maximum Gasteiger partial charge on any atom is 0.0460 e. The van der Waals surface area contributed by atoms with Crippen LogP contribution in [-0.4, -0.2) is 42.8 Å². The molecule has 0 aromatic heterocycles. The number of rotatable bonds is 2. The van der Waals surface area contributed by atoms with Gasteiger partial charge in [-0.25, -0.2) is 0 Å². The van der Waals surface area contributed by atoms with Gasteiger partial charge in [-0.15, -0.1) is 0 Å². The zero-order valence-corrected chi connectivity index (χ0v) is 9.47. The third-order valence-corrected chi connectivity index (χ3v) is 3.87. The fraction of sp³-hybridized carbons (Fsp3) is 1.00. The maximum absolute atomic E-state index is 3.63. The van der Waals surface area contributed by atoms with Gasteiger partial charge in [0.2, 0.25) is 0 Å². The van der Waals surface area contributed by atoms with Gasteiger partial charge >= 0.3 is 0 Å². The molecule has 0 aromatic rings. The lowest BCUT2D eigenvalue weighted by Gasteiger charge is -2.42. The number of hydrogen-bond acceptors (Lipinski definition) is 3. The first-order valence-corrected chi connectivity index (χ1v) is 5.95. The summed E-state index contributed by atoms with van der Waals surface area (Å²) in [6, 6.07) is 0.745. The Bertz CT molecular complexity index is 192. The van der Waals surface area contributed by atoms with Crippen molar-refractivity contribution in [3.63, 3.8) is 0 Å². The molecular weight excluding hydrogens is 174 g/mol. The summed E-state index contributed by atoms with van der Waals surface area (Å²) in [7, 11) is 0. The smallest absolute Gasteiger partial charge is 0.0460 e. The minimum absolute atomic E-state index is 0. The molecule has 0 amide bonds. The molecule has 2 saturated heterocycles. The standard InChI is InChI=1S/C11H23N3.H2/c1-3-10(2)14-6-4-5-11(8-14)7-12-9-13-11;/h10,12-13H,3-9H2,1-2H3;1H. The van der Waals surface area contributed by atoms with E-state index in [-0.39, 0.29) is 1.43 Å². The van der Waals surface area contributed by atoms with Crippen molar-refractivity contribution in [1.29, 1.82) is 0 Å². The Morgan fingerprint density at radius 1 is 1.57 bits per heavy atom. The molecule has 1 spiro atoms. The fourth-order valence-electron chi connectivity index (χ4n) is 2.70. The van der Waals surface area contributed by atoms with Crippen molar-refractivity contribution in [2.75, 3.05) is 26.3 Å². The number of hydrogen-bond donors (Lipinski definition) is 2. The lowest BCUT2D eigenvalue weighted by molar-refractivity contribution is 0.105. The fourth-order valence-corrected chi connectivity index (χ4v) is 2.70. The van der Waals surface area contributed by atoms with E-state index in [1.165, 1.54) is 32.4 Å². The van der Waals surface area contributed by atoms with Gasteiger partial charge in [0.15, 0.2) is 0 Å². The average molecular weight is 199 g/mol. The Morgan fingerprint density at radius 3 is 3.07 bits per heavy atom. The van der Waals surface area contributed by atoms with Crippen molar-refractivity contribution in [3.8, 4) is 0 Å². The molecule has 0 saturated carbocycles. The van der Waals surface area contributed by atoms with E-state index in [4.69, 9.17) is 0 Å². The van der Waals surface area contributed by atoms with Crippen LogP contribution in [0, 0.1) is 0 Å². The summed E-state index contributed by atoms with van der Waals surface area (Å²) in [4.78, 5) is 2.64. The van der Waals surface area contributed by atoms with Gasteiger partial charge < -0.3 is 5.32 Å². The van der Waals surface area contributed by atoms with Gasteiger partial charge in [0, 0.05) is 32.8 Å². The quantitative estimate of drug-likeness (QED) is 0.695. The zero-order chi connectivity index (χ0) is 10.0. The number of piperidine rings is 1. The second kappa shape index (κ2) is 4.17. The van der Waals surface area contributed by atoms with Gasteiger partial charge in [0.05, 0.1) is 0 Å². The molecule has 0 radical (unpaired) electrons. The van der Waals surface area contributed by atoms with E-state index in [1.54, 1.807) is 0 Å². The number of nitrogens with one attached hydrogen (secondary N) is 2. The normalized spacial score (nSPS) is 36.4. The van der Waals surface area contributed by atoms with Crippen molar-refractivity contribution >= 4 is 0 Å². The SMILES string of the molecule is CCC(C)N1CCCC2(CNCN2)C1.[HH].